The lowest BCUT2D eigenvalue weighted by molar-refractivity contribution is -0.143. The van der Waals surface area contributed by atoms with E-state index in [0.717, 1.165) is 39.1 Å². The molecule has 0 radical (unpaired) electrons. The Morgan fingerprint density at radius 3 is 2.61 bits per heavy atom. The van der Waals surface area contributed by atoms with E-state index in [9.17, 15) is 4.79 Å². The highest BCUT2D eigenvalue weighted by Gasteiger charge is 2.33. The highest BCUT2D eigenvalue weighted by atomic mass is 16.5. The third kappa shape index (κ3) is 5.63. The summed E-state index contributed by atoms with van der Waals surface area (Å²) in [7, 11) is 0. The number of benzene rings is 1. The Bertz CT molecular complexity index is 487. The fourth-order valence-electron chi connectivity index (χ4n) is 3.26. The minimum absolute atomic E-state index is 0.0746. The lowest BCUT2D eigenvalue weighted by Gasteiger charge is -2.47. The number of rotatable bonds is 7. The second kappa shape index (κ2) is 8.46. The third-order valence-corrected chi connectivity index (χ3v) is 4.53. The highest BCUT2D eigenvalue weighted by Crippen LogP contribution is 2.23. The van der Waals surface area contributed by atoms with Gasteiger partial charge in [0.1, 0.15) is 0 Å². The van der Waals surface area contributed by atoms with Crippen LogP contribution < -0.4 is 0 Å². The molecule has 2 rings (SSSR count). The van der Waals surface area contributed by atoms with Crippen molar-refractivity contribution in [2.45, 2.75) is 45.7 Å². The van der Waals surface area contributed by atoms with Crippen molar-refractivity contribution in [1.29, 1.82) is 0 Å². The van der Waals surface area contributed by atoms with Crippen LogP contribution in [0.1, 0.15) is 39.2 Å². The van der Waals surface area contributed by atoms with Crippen molar-refractivity contribution >= 4 is 5.97 Å². The molecule has 1 heterocycles. The van der Waals surface area contributed by atoms with Crippen molar-refractivity contribution in [3.63, 3.8) is 0 Å². The lowest BCUT2D eigenvalue weighted by Crippen LogP contribution is -2.58. The van der Waals surface area contributed by atoms with E-state index in [0.29, 0.717) is 13.0 Å². The number of ether oxygens (including phenoxy) is 1. The Labute approximate surface area is 140 Å². The fraction of sp³-hybridized carbons (Fsp3) is 0.632. The van der Waals surface area contributed by atoms with Gasteiger partial charge < -0.3 is 9.64 Å². The second-order valence-corrected chi connectivity index (χ2v) is 6.90. The van der Waals surface area contributed by atoms with Gasteiger partial charge in [-0.2, -0.15) is 0 Å². The van der Waals surface area contributed by atoms with Crippen LogP contribution in [0, 0.1) is 0 Å². The van der Waals surface area contributed by atoms with Crippen molar-refractivity contribution in [2.24, 2.45) is 0 Å². The normalized spacial score (nSPS) is 18.7. The minimum atomic E-state index is -0.0746. The predicted octanol–water partition coefficient (Wildman–Crippen LogP) is 2.93. The van der Waals surface area contributed by atoms with Crippen LogP contribution in [-0.4, -0.2) is 54.1 Å². The molecular weight excluding hydrogens is 288 g/mol. The number of piperazine rings is 1. The fourth-order valence-corrected chi connectivity index (χ4v) is 3.26. The summed E-state index contributed by atoms with van der Waals surface area (Å²) >= 11 is 0. The first kappa shape index (κ1) is 18.0. The van der Waals surface area contributed by atoms with E-state index in [4.69, 9.17) is 4.74 Å². The van der Waals surface area contributed by atoms with Gasteiger partial charge in [-0.25, -0.2) is 0 Å². The molecule has 1 aromatic rings. The van der Waals surface area contributed by atoms with Gasteiger partial charge in [0, 0.05) is 38.1 Å². The molecule has 0 unspecified atom stereocenters. The quantitative estimate of drug-likeness (QED) is 0.724. The lowest BCUT2D eigenvalue weighted by atomic mass is 9.97. The summed E-state index contributed by atoms with van der Waals surface area (Å²) in [6, 6.07) is 10.7. The van der Waals surface area contributed by atoms with Crippen molar-refractivity contribution < 1.29 is 9.53 Å². The number of nitrogens with zero attached hydrogens (tertiary/aromatic N) is 2. The average molecular weight is 318 g/mol. The van der Waals surface area contributed by atoms with Gasteiger partial charge in [0.15, 0.2) is 0 Å². The van der Waals surface area contributed by atoms with Crippen LogP contribution in [-0.2, 0) is 16.1 Å². The van der Waals surface area contributed by atoms with Crippen LogP contribution in [0.4, 0.5) is 0 Å². The van der Waals surface area contributed by atoms with E-state index in [1.807, 2.05) is 6.92 Å². The Balaban J connectivity index is 1.79. The van der Waals surface area contributed by atoms with Crippen molar-refractivity contribution in [2.75, 3.05) is 32.8 Å². The summed E-state index contributed by atoms with van der Waals surface area (Å²) in [5.41, 5.74) is 1.52. The van der Waals surface area contributed by atoms with Crippen LogP contribution in [0.15, 0.2) is 30.3 Å². The molecule has 0 bridgehead atoms. The standard InChI is InChI=1S/C19H30N2O2/c1-4-23-18(22)11-8-12-20-13-14-21(19(2,3)16-20)15-17-9-6-5-7-10-17/h5-7,9-10H,4,8,11-16H2,1-3H3. The molecule has 1 aromatic carbocycles. The summed E-state index contributed by atoms with van der Waals surface area (Å²) in [6.07, 6.45) is 1.41. The average Bonchev–Trinajstić information content (AvgIpc) is 2.51. The summed E-state index contributed by atoms with van der Waals surface area (Å²) in [5, 5.41) is 0. The molecule has 0 N–H and O–H groups in total. The topological polar surface area (TPSA) is 32.8 Å². The Hall–Kier alpha value is -1.39. The van der Waals surface area contributed by atoms with Gasteiger partial charge in [-0.1, -0.05) is 30.3 Å². The van der Waals surface area contributed by atoms with Crippen LogP contribution in [0.2, 0.25) is 0 Å². The van der Waals surface area contributed by atoms with E-state index in [1.165, 1.54) is 5.56 Å². The number of hydrogen-bond donors (Lipinski definition) is 0. The maximum absolute atomic E-state index is 11.4. The Morgan fingerprint density at radius 1 is 1.22 bits per heavy atom. The second-order valence-electron chi connectivity index (χ2n) is 6.90. The van der Waals surface area contributed by atoms with Gasteiger partial charge in [0.2, 0.25) is 0 Å². The van der Waals surface area contributed by atoms with E-state index >= 15 is 0 Å². The first-order valence-electron chi connectivity index (χ1n) is 8.68. The molecule has 0 atom stereocenters. The zero-order valence-electron chi connectivity index (χ0n) is 14.8. The van der Waals surface area contributed by atoms with Gasteiger partial charge in [0.25, 0.3) is 0 Å². The molecule has 4 nitrogen and oxygen atoms in total. The summed E-state index contributed by atoms with van der Waals surface area (Å²) < 4.78 is 4.99. The number of carbonyl (C=O) groups excluding carboxylic acids is 1. The maximum Gasteiger partial charge on any atom is 0.305 e. The minimum Gasteiger partial charge on any atom is -0.466 e. The van der Waals surface area contributed by atoms with Gasteiger partial charge in [-0.15, -0.1) is 0 Å². The van der Waals surface area contributed by atoms with Gasteiger partial charge in [-0.3, -0.25) is 9.69 Å². The molecule has 1 aliphatic heterocycles. The molecule has 1 saturated heterocycles. The van der Waals surface area contributed by atoms with E-state index in [1.54, 1.807) is 0 Å². The van der Waals surface area contributed by atoms with Gasteiger partial charge in [-0.05, 0) is 39.3 Å². The largest absolute Gasteiger partial charge is 0.466 e. The SMILES string of the molecule is CCOC(=O)CCCN1CCN(Cc2ccccc2)C(C)(C)C1. The predicted molar refractivity (Wildman–Crippen MR) is 93.2 cm³/mol. The number of carbonyl (C=O) groups is 1. The number of esters is 1. The molecule has 0 amide bonds. The zero-order valence-corrected chi connectivity index (χ0v) is 14.8. The zero-order chi connectivity index (χ0) is 16.7. The summed E-state index contributed by atoms with van der Waals surface area (Å²) in [5.74, 6) is -0.0746. The third-order valence-electron chi connectivity index (χ3n) is 4.53. The molecule has 1 fully saturated rings. The molecule has 0 saturated carbocycles. The smallest absolute Gasteiger partial charge is 0.305 e. The van der Waals surface area contributed by atoms with Crippen LogP contribution in [0.5, 0.6) is 0 Å². The van der Waals surface area contributed by atoms with Crippen molar-refractivity contribution in [3.05, 3.63) is 35.9 Å². The summed E-state index contributed by atoms with van der Waals surface area (Å²) in [6.45, 7) is 12.1. The van der Waals surface area contributed by atoms with Crippen molar-refractivity contribution in [1.82, 2.24) is 9.80 Å². The molecule has 0 spiro atoms. The number of hydrogen-bond acceptors (Lipinski definition) is 4. The maximum atomic E-state index is 11.4. The van der Waals surface area contributed by atoms with Crippen LogP contribution in [0.25, 0.3) is 0 Å². The Kier molecular flexibility index (Phi) is 6.60. The monoisotopic (exact) mass is 318 g/mol. The van der Waals surface area contributed by atoms with Gasteiger partial charge in [0.05, 0.1) is 6.61 Å². The molecule has 4 heteroatoms. The van der Waals surface area contributed by atoms with Crippen LogP contribution in [0.3, 0.4) is 0 Å². The first-order chi connectivity index (χ1) is 11.0. The molecule has 128 valence electrons. The Morgan fingerprint density at radius 2 is 1.96 bits per heavy atom. The van der Waals surface area contributed by atoms with E-state index in [-0.39, 0.29) is 11.5 Å². The van der Waals surface area contributed by atoms with E-state index < -0.39 is 0 Å². The van der Waals surface area contributed by atoms with Crippen LogP contribution >= 0.6 is 0 Å². The molecule has 23 heavy (non-hydrogen) atoms. The van der Waals surface area contributed by atoms with Gasteiger partial charge >= 0.3 is 5.97 Å². The highest BCUT2D eigenvalue weighted by molar-refractivity contribution is 5.69. The van der Waals surface area contributed by atoms with E-state index in [2.05, 4.69) is 54.0 Å². The summed E-state index contributed by atoms with van der Waals surface area (Å²) in [4.78, 5) is 16.5. The molecular formula is C19H30N2O2. The first-order valence-corrected chi connectivity index (χ1v) is 8.68. The van der Waals surface area contributed by atoms with Crippen molar-refractivity contribution in [3.8, 4) is 0 Å². The molecule has 0 aromatic heterocycles. The molecule has 0 aliphatic carbocycles. The molecule has 1 aliphatic rings.